The van der Waals surface area contributed by atoms with Crippen LogP contribution in [0.4, 0.5) is 14.6 Å². The first-order valence-electron chi connectivity index (χ1n) is 10.3. The molecule has 4 rings (SSSR count). The molecule has 0 spiro atoms. The Hall–Kier alpha value is -3.63. The summed E-state index contributed by atoms with van der Waals surface area (Å²) in [5.74, 6) is -1.36. The maximum Gasteiger partial charge on any atom is 0.247 e. The van der Waals surface area contributed by atoms with E-state index in [2.05, 4.69) is 15.3 Å². The topological polar surface area (TPSA) is 96.5 Å². The molecular weight excluding hydrogens is 434 g/mol. The van der Waals surface area contributed by atoms with Gasteiger partial charge in [0.2, 0.25) is 11.5 Å². The molecule has 3 heterocycles. The Morgan fingerprint density at radius 2 is 2.12 bits per heavy atom. The van der Waals surface area contributed by atoms with E-state index in [-0.39, 0.29) is 29.1 Å². The fraction of sp³-hybridized carbons (Fsp3) is 0.261. The van der Waals surface area contributed by atoms with E-state index in [0.29, 0.717) is 25.5 Å². The number of aromatic amines is 1. The number of hydrogen-bond donors (Lipinski definition) is 2. The number of pyridine rings is 2. The summed E-state index contributed by atoms with van der Waals surface area (Å²) >= 11 is 0. The second-order valence-corrected chi connectivity index (χ2v) is 7.56. The van der Waals surface area contributed by atoms with Crippen LogP contribution < -0.4 is 15.6 Å². The number of nitrogens with one attached hydrogen (secondary N) is 2. The number of carbonyl (C=O) groups excluding carboxylic acids is 1. The van der Waals surface area contributed by atoms with Gasteiger partial charge in [-0.15, -0.1) is 0 Å². The zero-order chi connectivity index (χ0) is 23.4. The maximum absolute atomic E-state index is 13.7. The first-order valence-corrected chi connectivity index (χ1v) is 10.3. The molecule has 1 aliphatic heterocycles. The van der Waals surface area contributed by atoms with Gasteiger partial charge in [0.1, 0.15) is 17.4 Å². The van der Waals surface area contributed by atoms with E-state index in [1.807, 2.05) is 4.90 Å². The molecule has 0 radical (unpaired) electrons. The minimum absolute atomic E-state index is 0.132. The first-order chi connectivity index (χ1) is 15.9. The Kier molecular flexibility index (Phi) is 6.76. The second-order valence-electron chi connectivity index (χ2n) is 7.56. The van der Waals surface area contributed by atoms with Crippen molar-refractivity contribution >= 4 is 11.7 Å². The molecule has 3 aromatic rings. The Morgan fingerprint density at radius 1 is 1.27 bits per heavy atom. The predicted molar refractivity (Wildman–Crippen MR) is 116 cm³/mol. The molecule has 2 N–H and O–H groups in total. The minimum atomic E-state index is -0.827. The normalized spacial score (nSPS) is 17.4. The van der Waals surface area contributed by atoms with Crippen molar-refractivity contribution < 1.29 is 23.0 Å². The molecule has 0 bridgehead atoms. The van der Waals surface area contributed by atoms with Crippen LogP contribution in [0.2, 0.25) is 0 Å². The summed E-state index contributed by atoms with van der Waals surface area (Å²) in [6.07, 6.45) is 2.70. The van der Waals surface area contributed by atoms with Crippen molar-refractivity contribution in [1.82, 2.24) is 14.9 Å². The van der Waals surface area contributed by atoms with E-state index >= 15 is 0 Å². The molecule has 10 heteroatoms. The van der Waals surface area contributed by atoms with E-state index in [9.17, 15) is 18.4 Å². The zero-order valence-corrected chi connectivity index (χ0v) is 17.8. The average molecular weight is 456 g/mol. The summed E-state index contributed by atoms with van der Waals surface area (Å²) in [7, 11) is 0. The molecule has 0 aliphatic carbocycles. The van der Waals surface area contributed by atoms with Crippen LogP contribution in [0.3, 0.4) is 0 Å². The number of aromatic nitrogens is 2. The molecule has 1 amide bonds. The van der Waals surface area contributed by atoms with Gasteiger partial charge in [0, 0.05) is 31.4 Å². The summed E-state index contributed by atoms with van der Waals surface area (Å²) in [6.45, 7) is 3.31. The zero-order valence-electron chi connectivity index (χ0n) is 17.8. The number of nitrogens with zero attached hydrogens (tertiary/aromatic N) is 2. The highest BCUT2D eigenvalue weighted by Gasteiger charge is 2.29. The monoisotopic (exact) mass is 456 g/mol. The standard InChI is InChI=1S/C23H22F2N4O4/c1-14(29-8-9-32-20(13-29)15-2-7-22(30)27-11-15)23(31)28-21-6-4-17(12-26-21)33-19-5-3-16(24)10-18(19)25/h2-7,10-12,14,20H,8-9,13H2,1H3,(H,27,30)(H,26,28,31)/t14-,20+/m0/s1. The molecule has 2 atom stereocenters. The highest BCUT2D eigenvalue weighted by atomic mass is 19.1. The van der Waals surface area contributed by atoms with Crippen molar-refractivity contribution in [3.63, 3.8) is 0 Å². The molecule has 1 fully saturated rings. The molecule has 1 aromatic carbocycles. The van der Waals surface area contributed by atoms with Crippen LogP contribution in [-0.4, -0.2) is 46.5 Å². The molecule has 0 unspecified atom stereocenters. The minimum Gasteiger partial charge on any atom is -0.453 e. The molecule has 0 saturated carbocycles. The summed E-state index contributed by atoms with van der Waals surface area (Å²) in [4.78, 5) is 32.8. The van der Waals surface area contributed by atoms with Crippen LogP contribution >= 0.6 is 0 Å². The second kappa shape index (κ2) is 9.88. The number of rotatable bonds is 6. The highest BCUT2D eigenvalue weighted by molar-refractivity contribution is 5.93. The predicted octanol–water partition coefficient (Wildman–Crippen LogP) is 3.24. The third-order valence-electron chi connectivity index (χ3n) is 5.31. The summed E-state index contributed by atoms with van der Waals surface area (Å²) in [5.41, 5.74) is 0.646. The highest BCUT2D eigenvalue weighted by Crippen LogP contribution is 2.26. The molecule has 1 aliphatic rings. The van der Waals surface area contributed by atoms with Gasteiger partial charge in [-0.05, 0) is 42.8 Å². The number of morpholine rings is 1. The molecule has 2 aromatic heterocycles. The van der Waals surface area contributed by atoms with E-state index < -0.39 is 17.7 Å². The fourth-order valence-electron chi connectivity index (χ4n) is 3.44. The van der Waals surface area contributed by atoms with Crippen molar-refractivity contribution in [3.8, 4) is 11.5 Å². The number of ether oxygens (including phenoxy) is 2. The van der Waals surface area contributed by atoms with Gasteiger partial charge in [0.05, 0.1) is 24.9 Å². The molecule has 1 saturated heterocycles. The lowest BCUT2D eigenvalue weighted by molar-refractivity contribution is -0.124. The Balaban J connectivity index is 1.35. The number of anilines is 1. The third kappa shape index (κ3) is 5.60. The van der Waals surface area contributed by atoms with Crippen LogP contribution in [0.25, 0.3) is 0 Å². The van der Waals surface area contributed by atoms with Gasteiger partial charge in [-0.1, -0.05) is 0 Å². The van der Waals surface area contributed by atoms with Crippen LogP contribution in [0, 0.1) is 11.6 Å². The van der Waals surface area contributed by atoms with Crippen LogP contribution in [-0.2, 0) is 9.53 Å². The number of H-pyrrole nitrogens is 1. The first kappa shape index (κ1) is 22.6. The molecule has 8 nitrogen and oxygen atoms in total. The van der Waals surface area contributed by atoms with Gasteiger partial charge in [0.25, 0.3) is 0 Å². The smallest absolute Gasteiger partial charge is 0.247 e. The van der Waals surface area contributed by atoms with E-state index in [4.69, 9.17) is 9.47 Å². The van der Waals surface area contributed by atoms with E-state index in [1.54, 1.807) is 19.2 Å². The quantitative estimate of drug-likeness (QED) is 0.591. The average Bonchev–Trinajstić information content (AvgIpc) is 2.82. The van der Waals surface area contributed by atoms with Crippen LogP contribution in [0.15, 0.2) is 59.7 Å². The third-order valence-corrected chi connectivity index (χ3v) is 5.31. The van der Waals surface area contributed by atoms with Crippen LogP contribution in [0.1, 0.15) is 18.6 Å². The van der Waals surface area contributed by atoms with Crippen LogP contribution in [0.5, 0.6) is 11.5 Å². The van der Waals surface area contributed by atoms with Gasteiger partial charge in [0.15, 0.2) is 11.6 Å². The number of carbonyl (C=O) groups is 1. The van der Waals surface area contributed by atoms with Gasteiger partial charge in [-0.3, -0.25) is 14.5 Å². The maximum atomic E-state index is 13.7. The summed E-state index contributed by atoms with van der Waals surface area (Å²) in [5, 5.41) is 2.75. The van der Waals surface area contributed by atoms with Crippen molar-refractivity contribution in [2.45, 2.75) is 19.1 Å². The number of benzene rings is 1. The van der Waals surface area contributed by atoms with Crippen molar-refractivity contribution in [2.75, 3.05) is 25.0 Å². The van der Waals surface area contributed by atoms with Gasteiger partial charge >= 0.3 is 0 Å². The Labute approximate surface area is 188 Å². The lowest BCUT2D eigenvalue weighted by Crippen LogP contribution is -2.48. The number of amides is 1. The van der Waals surface area contributed by atoms with Gasteiger partial charge < -0.3 is 19.8 Å². The van der Waals surface area contributed by atoms with Gasteiger partial charge in [-0.25, -0.2) is 13.8 Å². The summed E-state index contributed by atoms with van der Waals surface area (Å²) in [6, 6.07) is 8.76. The molecule has 33 heavy (non-hydrogen) atoms. The van der Waals surface area contributed by atoms with Crippen molar-refractivity contribution in [1.29, 1.82) is 0 Å². The Morgan fingerprint density at radius 3 is 2.82 bits per heavy atom. The van der Waals surface area contributed by atoms with Gasteiger partial charge in [-0.2, -0.15) is 0 Å². The fourth-order valence-corrected chi connectivity index (χ4v) is 3.44. The summed E-state index contributed by atoms with van der Waals surface area (Å²) < 4.78 is 37.9. The van der Waals surface area contributed by atoms with Crippen molar-refractivity contribution in [2.24, 2.45) is 0 Å². The Bertz CT molecular complexity index is 1170. The van der Waals surface area contributed by atoms with E-state index in [0.717, 1.165) is 17.7 Å². The lowest BCUT2D eigenvalue weighted by Gasteiger charge is -2.36. The number of halogens is 2. The van der Waals surface area contributed by atoms with Crippen molar-refractivity contribution in [3.05, 3.63) is 82.4 Å². The number of hydrogen-bond acceptors (Lipinski definition) is 6. The largest absolute Gasteiger partial charge is 0.453 e. The molecular formula is C23H22F2N4O4. The van der Waals surface area contributed by atoms with E-state index in [1.165, 1.54) is 30.5 Å². The molecule has 172 valence electrons. The SMILES string of the molecule is C[C@@H](C(=O)Nc1ccc(Oc2ccc(F)cc2F)cn1)N1CCO[C@@H](c2ccc(=O)[nH]c2)C1. The lowest BCUT2D eigenvalue weighted by atomic mass is 10.1.